The van der Waals surface area contributed by atoms with Gasteiger partial charge in [0, 0.05) is 26.4 Å². The monoisotopic (exact) mass is 405 g/mol. The molecule has 0 saturated heterocycles. The van der Waals surface area contributed by atoms with Crippen molar-refractivity contribution in [3.8, 4) is 34.5 Å². The molecule has 0 aromatic heterocycles. The van der Waals surface area contributed by atoms with Crippen molar-refractivity contribution in [3.63, 3.8) is 0 Å². The molecule has 1 radical (unpaired) electrons. The van der Waals surface area contributed by atoms with Crippen molar-refractivity contribution in [3.05, 3.63) is 36.4 Å². The molecule has 0 unspecified atom stereocenters. The minimum absolute atomic E-state index is 0.426. The molecular formula is C20H26BO8. The van der Waals surface area contributed by atoms with Crippen LogP contribution in [0.25, 0.3) is 0 Å². The molecule has 8 nitrogen and oxygen atoms in total. The van der Waals surface area contributed by atoms with E-state index in [0.29, 0.717) is 60.9 Å². The second kappa shape index (κ2) is 12.6. The van der Waals surface area contributed by atoms with E-state index in [2.05, 4.69) is 0 Å². The molecule has 0 saturated carbocycles. The molecule has 157 valence electrons. The van der Waals surface area contributed by atoms with E-state index < -0.39 is 0 Å². The molecule has 0 spiro atoms. The number of rotatable bonds is 14. The zero-order valence-corrected chi connectivity index (χ0v) is 17.1. The van der Waals surface area contributed by atoms with E-state index in [9.17, 15) is 0 Å². The van der Waals surface area contributed by atoms with Gasteiger partial charge in [0.1, 0.15) is 24.7 Å². The molecule has 0 fully saturated rings. The smallest absolute Gasteiger partial charge is 0.526 e. The maximum atomic E-state index is 5.59. The van der Waals surface area contributed by atoms with Gasteiger partial charge < -0.3 is 37.7 Å². The Balaban J connectivity index is 1.90. The van der Waals surface area contributed by atoms with Crippen LogP contribution in [0.3, 0.4) is 0 Å². The molecule has 0 bridgehead atoms. The summed E-state index contributed by atoms with van der Waals surface area (Å²) in [6.45, 7) is 1.83. The molecule has 29 heavy (non-hydrogen) atoms. The summed E-state index contributed by atoms with van der Waals surface area (Å²) in [5.74, 6) is 3.37. The Morgan fingerprint density at radius 1 is 0.586 bits per heavy atom. The fraction of sp³-hybridized carbons (Fsp3) is 0.400. The second-order valence-corrected chi connectivity index (χ2v) is 5.64. The van der Waals surface area contributed by atoms with E-state index in [1.165, 1.54) is 7.69 Å². The van der Waals surface area contributed by atoms with Gasteiger partial charge in [-0.2, -0.15) is 0 Å². The summed E-state index contributed by atoms with van der Waals surface area (Å²) in [5, 5.41) is 0. The van der Waals surface area contributed by atoms with Crippen molar-refractivity contribution in [1.29, 1.82) is 0 Å². The normalized spacial score (nSPS) is 10.2. The topological polar surface area (TPSA) is 73.8 Å². The van der Waals surface area contributed by atoms with Gasteiger partial charge in [0.25, 0.3) is 0 Å². The highest BCUT2D eigenvalue weighted by Gasteiger charge is 2.10. The maximum Gasteiger partial charge on any atom is 0.658 e. The predicted molar refractivity (Wildman–Crippen MR) is 108 cm³/mol. The summed E-state index contributed by atoms with van der Waals surface area (Å²) in [5.41, 5.74) is 0. The van der Waals surface area contributed by atoms with Crippen molar-refractivity contribution in [1.82, 2.24) is 0 Å². The molecule has 0 N–H and O–H groups in total. The second-order valence-electron chi connectivity index (χ2n) is 5.64. The first-order chi connectivity index (χ1) is 14.2. The van der Waals surface area contributed by atoms with E-state index in [4.69, 9.17) is 37.7 Å². The third-order valence-corrected chi connectivity index (χ3v) is 3.73. The predicted octanol–water partition coefficient (Wildman–Crippen LogP) is 2.75. The van der Waals surface area contributed by atoms with Gasteiger partial charge in [-0.25, -0.2) is 0 Å². The largest absolute Gasteiger partial charge is 0.658 e. The molecule has 0 aliphatic heterocycles. The lowest BCUT2D eigenvalue weighted by Crippen LogP contribution is -2.11. The van der Waals surface area contributed by atoms with Crippen LogP contribution in [0.5, 0.6) is 34.5 Å². The van der Waals surface area contributed by atoms with Gasteiger partial charge in [-0.05, 0) is 24.3 Å². The number of hydrogen-bond donors (Lipinski definition) is 0. The van der Waals surface area contributed by atoms with Crippen LogP contribution in [0.2, 0.25) is 0 Å². The Morgan fingerprint density at radius 3 is 1.41 bits per heavy atom. The van der Waals surface area contributed by atoms with Crippen LogP contribution < -0.4 is 28.3 Å². The fourth-order valence-corrected chi connectivity index (χ4v) is 2.29. The summed E-state index contributed by atoms with van der Waals surface area (Å²) < 4.78 is 42.8. The molecule has 2 aromatic rings. The number of ether oxygens (including phenoxy) is 6. The highest BCUT2D eigenvalue weighted by Crippen LogP contribution is 2.32. The first-order valence-electron chi connectivity index (χ1n) is 8.96. The van der Waals surface area contributed by atoms with Crippen LogP contribution in [0.4, 0.5) is 0 Å². The SMILES string of the molecule is COCCOc1ccc(O[B]Oc2ccc(OCCOC)c(OC)c2)cc1OC. The number of methoxy groups -OCH3 is 4. The van der Waals surface area contributed by atoms with Gasteiger partial charge in [-0.1, -0.05) is 0 Å². The lowest BCUT2D eigenvalue weighted by atomic mass is 10.2. The molecule has 0 aliphatic rings. The average Bonchev–Trinajstić information content (AvgIpc) is 2.75. The zero-order chi connectivity index (χ0) is 20.9. The lowest BCUT2D eigenvalue weighted by Gasteiger charge is -2.14. The van der Waals surface area contributed by atoms with Crippen LogP contribution >= 0.6 is 0 Å². The molecule has 9 heteroatoms. The van der Waals surface area contributed by atoms with E-state index in [0.717, 1.165) is 0 Å². The molecule has 0 amide bonds. The Morgan fingerprint density at radius 2 is 1.03 bits per heavy atom. The van der Waals surface area contributed by atoms with Crippen LogP contribution in [0.1, 0.15) is 0 Å². The van der Waals surface area contributed by atoms with Crippen molar-refractivity contribution < 1.29 is 37.7 Å². The number of benzene rings is 2. The molecule has 0 heterocycles. The summed E-state index contributed by atoms with van der Waals surface area (Å²) in [4.78, 5) is 0. The Labute approximate surface area is 171 Å². The minimum atomic E-state index is 0.426. The van der Waals surface area contributed by atoms with Crippen molar-refractivity contribution in [2.45, 2.75) is 0 Å². The minimum Gasteiger partial charge on any atom is -0.526 e. The molecule has 2 aromatic carbocycles. The third-order valence-electron chi connectivity index (χ3n) is 3.73. The van der Waals surface area contributed by atoms with Crippen LogP contribution in [0.15, 0.2) is 36.4 Å². The zero-order valence-electron chi connectivity index (χ0n) is 17.1. The molecular weight excluding hydrogens is 379 g/mol. The van der Waals surface area contributed by atoms with E-state index in [-0.39, 0.29) is 0 Å². The van der Waals surface area contributed by atoms with Gasteiger partial charge in [0.2, 0.25) is 0 Å². The Kier molecular flexibility index (Phi) is 9.81. The van der Waals surface area contributed by atoms with E-state index in [1.54, 1.807) is 64.8 Å². The lowest BCUT2D eigenvalue weighted by molar-refractivity contribution is 0.144. The van der Waals surface area contributed by atoms with Gasteiger partial charge in [0.05, 0.1) is 27.4 Å². The van der Waals surface area contributed by atoms with Crippen molar-refractivity contribution in [2.75, 3.05) is 54.9 Å². The molecule has 0 atom stereocenters. The van der Waals surface area contributed by atoms with E-state index >= 15 is 0 Å². The van der Waals surface area contributed by atoms with Crippen molar-refractivity contribution in [2.24, 2.45) is 0 Å². The van der Waals surface area contributed by atoms with E-state index in [1.807, 2.05) is 0 Å². The molecule has 0 aliphatic carbocycles. The average molecular weight is 405 g/mol. The maximum absolute atomic E-state index is 5.59. The Bertz CT molecular complexity index is 679. The van der Waals surface area contributed by atoms with Gasteiger partial charge in [-0.3, -0.25) is 0 Å². The Hall–Kier alpha value is -2.78. The highest BCUT2D eigenvalue weighted by molar-refractivity contribution is 6.20. The highest BCUT2D eigenvalue weighted by atomic mass is 16.6. The summed E-state index contributed by atoms with van der Waals surface area (Å²) in [7, 11) is 7.58. The quantitative estimate of drug-likeness (QED) is 0.351. The summed E-state index contributed by atoms with van der Waals surface area (Å²) in [6, 6.07) is 10.4. The summed E-state index contributed by atoms with van der Waals surface area (Å²) >= 11 is 0. The van der Waals surface area contributed by atoms with Crippen molar-refractivity contribution >= 4 is 7.69 Å². The summed E-state index contributed by atoms with van der Waals surface area (Å²) in [6.07, 6.45) is 0. The van der Waals surface area contributed by atoms with Gasteiger partial charge in [0.15, 0.2) is 23.0 Å². The standard InChI is InChI=1S/C20H26BO8/c1-22-9-11-26-17-7-5-15(13-19(17)24-3)28-21-29-16-6-8-18(20(14-16)25-4)27-12-10-23-2/h5-8,13-14H,9-12H2,1-4H3. The number of hydrogen-bond acceptors (Lipinski definition) is 8. The fourth-order valence-electron chi connectivity index (χ4n) is 2.29. The first kappa shape index (κ1) is 22.5. The third kappa shape index (κ3) is 7.28. The van der Waals surface area contributed by atoms with Crippen LogP contribution in [-0.2, 0) is 9.47 Å². The van der Waals surface area contributed by atoms with Gasteiger partial charge in [-0.15, -0.1) is 0 Å². The first-order valence-corrected chi connectivity index (χ1v) is 8.96. The molecule has 2 rings (SSSR count). The van der Waals surface area contributed by atoms with Crippen LogP contribution in [-0.4, -0.2) is 62.6 Å². The van der Waals surface area contributed by atoms with Crippen LogP contribution in [0, 0.1) is 0 Å². The van der Waals surface area contributed by atoms with Gasteiger partial charge >= 0.3 is 7.69 Å².